The third-order valence-corrected chi connectivity index (χ3v) is 7.12. The SMILES string of the molecule is O=C(O[C@@H]1C[C@@H]2CC[C@H]1C2)c1cnc(O[C@H]2C[C@H]3CC[C@@H]2C3)nc1C(F)(F)F. The van der Waals surface area contributed by atoms with Gasteiger partial charge < -0.3 is 9.47 Å². The van der Waals surface area contributed by atoms with Crippen LogP contribution in [0.2, 0.25) is 0 Å². The van der Waals surface area contributed by atoms with Crippen LogP contribution in [0.3, 0.4) is 0 Å². The molecule has 8 heteroatoms. The summed E-state index contributed by atoms with van der Waals surface area (Å²) in [6.07, 6.45) is 3.63. The fraction of sp³-hybridized carbons (Fsp3) is 0.750. The zero-order chi connectivity index (χ0) is 19.5. The Balaban J connectivity index is 1.34. The maximum absolute atomic E-state index is 13.6. The van der Waals surface area contributed by atoms with E-state index in [4.69, 9.17) is 9.47 Å². The minimum atomic E-state index is -4.78. The third kappa shape index (κ3) is 3.24. The molecule has 0 N–H and O–H groups in total. The van der Waals surface area contributed by atoms with Crippen molar-refractivity contribution in [2.24, 2.45) is 23.7 Å². The summed E-state index contributed by atoms with van der Waals surface area (Å²) in [7, 11) is 0. The number of ether oxygens (including phenoxy) is 2. The zero-order valence-corrected chi connectivity index (χ0v) is 15.5. The van der Waals surface area contributed by atoms with Gasteiger partial charge in [-0.05, 0) is 75.0 Å². The van der Waals surface area contributed by atoms with Crippen molar-refractivity contribution in [1.29, 1.82) is 0 Å². The normalized spacial score (nSPS) is 36.1. The standard InChI is InChI=1S/C20H23F3N2O3/c21-20(22,23)17-14(18(26)27-15-7-10-1-3-12(15)5-10)9-24-19(25-17)28-16-8-11-2-4-13(16)6-11/h9-13,15-16H,1-8H2/t10-,11+,12+,13-,15-,16+/m1/s1. The molecule has 4 aliphatic carbocycles. The molecule has 0 amide bonds. The Bertz CT molecular complexity index is 784. The molecule has 1 aromatic heterocycles. The van der Waals surface area contributed by atoms with Crippen LogP contribution >= 0.6 is 0 Å². The molecule has 0 saturated heterocycles. The van der Waals surface area contributed by atoms with E-state index in [2.05, 4.69) is 9.97 Å². The molecule has 0 spiro atoms. The molecule has 4 bridgehead atoms. The lowest BCUT2D eigenvalue weighted by Gasteiger charge is -2.23. The van der Waals surface area contributed by atoms with E-state index in [0.717, 1.165) is 57.6 Å². The Morgan fingerprint density at radius 3 is 2.14 bits per heavy atom. The predicted molar refractivity (Wildman–Crippen MR) is 91.5 cm³/mol. The van der Waals surface area contributed by atoms with Crippen LogP contribution in [0, 0.1) is 23.7 Å². The number of aromatic nitrogens is 2. The molecular weight excluding hydrogens is 373 g/mol. The van der Waals surface area contributed by atoms with E-state index in [1.165, 1.54) is 0 Å². The average molecular weight is 396 g/mol. The van der Waals surface area contributed by atoms with Gasteiger partial charge in [-0.3, -0.25) is 0 Å². The molecule has 5 rings (SSSR count). The molecule has 0 aromatic carbocycles. The van der Waals surface area contributed by atoms with Gasteiger partial charge in [-0.15, -0.1) is 0 Å². The van der Waals surface area contributed by atoms with Crippen LogP contribution in [-0.4, -0.2) is 28.1 Å². The minimum Gasteiger partial charge on any atom is -0.460 e. The van der Waals surface area contributed by atoms with Crippen molar-refractivity contribution in [2.45, 2.75) is 69.8 Å². The lowest BCUT2D eigenvalue weighted by molar-refractivity contribution is -0.142. The first kappa shape index (κ1) is 18.2. The molecule has 0 aliphatic heterocycles. The predicted octanol–water partition coefficient (Wildman–Crippen LogP) is 4.41. The molecule has 5 nitrogen and oxygen atoms in total. The number of alkyl halides is 3. The smallest absolute Gasteiger partial charge is 0.434 e. The van der Waals surface area contributed by atoms with Crippen LogP contribution in [0.4, 0.5) is 13.2 Å². The van der Waals surface area contributed by atoms with E-state index < -0.39 is 23.4 Å². The largest absolute Gasteiger partial charge is 0.460 e. The van der Waals surface area contributed by atoms with Gasteiger partial charge in [-0.1, -0.05) is 0 Å². The maximum Gasteiger partial charge on any atom is 0.434 e. The Morgan fingerprint density at radius 1 is 0.964 bits per heavy atom. The lowest BCUT2D eigenvalue weighted by atomic mass is 9.98. The summed E-state index contributed by atoms with van der Waals surface area (Å²) in [4.78, 5) is 19.9. The van der Waals surface area contributed by atoms with Crippen LogP contribution in [0.15, 0.2) is 6.20 Å². The fourth-order valence-electron chi connectivity index (χ4n) is 5.79. The summed E-state index contributed by atoms with van der Waals surface area (Å²) >= 11 is 0. The summed E-state index contributed by atoms with van der Waals surface area (Å²) in [6.45, 7) is 0. The van der Waals surface area contributed by atoms with Crippen LogP contribution in [0.1, 0.15) is 67.4 Å². The number of carbonyl (C=O) groups is 1. The Morgan fingerprint density at radius 2 is 1.61 bits per heavy atom. The van der Waals surface area contributed by atoms with Gasteiger partial charge in [0.2, 0.25) is 0 Å². The molecular formula is C20H23F3N2O3. The molecule has 0 unspecified atom stereocenters. The van der Waals surface area contributed by atoms with Gasteiger partial charge in [-0.25, -0.2) is 9.78 Å². The highest BCUT2D eigenvalue weighted by atomic mass is 19.4. The molecule has 4 aliphatic rings. The van der Waals surface area contributed by atoms with Crippen LogP contribution in [0.5, 0.6) is 6.01 Å². The summed E-state index contributed by atoms with van der Waals surface area (Å²) < 4.78 is 51.8. The number of halogens is 3. The number of hydrogen-bond acceptors (Lipinski definition) is 5. The molecule has 4 fully saturated rings. The topological polar surface area (TPSA) is 61.3 Å². The Hall–Kier alpha value is -1.86. The minimum absolute atomic E-state index is 0.133. The van der Waals surface area contributed by atoms with Crippen molar-refractivity contribution in [3.05, 3.63) is 17.5 Å². The van der Waals surface area contributed by atoms with Crippen molar-refractivity contribution >= 4 is 5.97 Å². The molecule has 28 heavy (non-hydrogen) atoms. The van der Waals surface area contributed by atoms with E-state index in [9.17, 15) is 18.0 Å². The first-order valence-electron chi connectivity index (χ1n) is 10.2. The summed E-state index contributed by atoms with van der Waals surface area (Å²) in [6, 6.07) is -0.304. The van der Waals surface area contributed by atoms with Crippen molar-refractivity contribution in [3.63, 3.8) is 0 Å². The van der Waals surface area contributed by atoms with Crippen molar-refractivity contribution in [2.75, 3.05) is 0 Å². The summed E-state index contributed by atoms with van der Waals surface area (Å²) in [5, 5.41) is 0. The van der Waals surface area contributed by atoms with Crippen LogP contribution < -0.4 is 4.74 Å². The summed E-state index contributed by atoms with van der Waals surface area (Å²) in [5.41, 5.74) is -1.90. The fourth-order valence-corrected chi connectivity index (χ4v) is 5.79. The van der Waals surface area contributed by atoms with Gasteiger partial charge in [0.15, 0.2) is 5.69 Å². The lowest BCUT2D eigenvalue weighted by Crippen LogP contribution is -2.27. The van der Waals surface area contributed by atoms with E-state index in [0.29, 0.717) is 17.8 Å². The second kappa shape index (κ2) is 6.59. The number of nitrogens with zero attached hydrogens (tertiary/aromatic N) is 2. The highest BCUT2D eigenvalue weighted by molar-refractivity contribution is 5.90. The van der Waals surface area contributed by atoms with Crippen molar-refractivity contribution in [3.8, 4) is 6.01 Å². The first-order chi connectivity index (χ1) is 13.4. The van der Waals surface area contributed by atoms with E-state index in [1.807, 2.05) is 0 Å². The number of fused-ring (bicyclic) bond motifs is 4. The van der Waals surface area contributed by atoms with E-state index in [-0.39, 0.29) is 24.1 Å². The molecule has 6 atom stereocenters. The number of hydrogen-bond donors (Lipinski definition) is 0. The monoisotopic (exact) mass is 396 g/mol. The number of carbonyl (C=O) groups excluding carboxylic acids is 1. The molecule has 1 heterocycles. The van der Waals surface area contributed by atoms with Crippen molar-refractivity contribution < 1.29 is 27.4 Å². The summed E-state index contributed by atoms with van der Waals surface area (Å²) in [5.74, 6) is 0.762. The Labute approximate surface area is 161 Å². The highest BCUT2D eigenvalue weighted by Crippen LogP contribution is 2.47. The van der Waals surface area contributed by atoms with E-state index >= 15 is 0 Å². The quantitative estimate of drug-likeness (QED) is 0.706. The van der Waals surface area contributed by atoms with Crippen LogP contribution in [0.25, 0.3) is 0 Å². The first-order valence-corrected chi connectivity index (χ1v) is 10.2. The highest BCUT2D eigenvalue weighted by Gasteiger charge is 2.45. The molecule has 152 valence electrons. The maximum atomic E-state index is 13.6. The van der Waals surface area contributed by atoms with Crippen molar-refractivity contribution in [1.82, 2.24) is 9.97 Å². The zero-order valence-electron chi connectivity index (χ0n) is 15.5. The number of rotatable bonds is 4. The van der Waals surface area contributed by atoms with Gasteiger partial charge in [0.25, 0.3) is 0 Å². The Kier molecular flexibility index (Phi) is 4.28. The number of esters is 1. The van der Waals surface area contributed by atoms with Gasteiger partial charge in [-0.2, -0.15) is 18.2 Å². The van der Waals surface area contributed by atoms with Gasteiger partial charge in [0.1, 0.15) is 17.8 Å². The third-order valence-electron chi connectivity index (χ3n) is 7.12. The van der Waals surface area contributed by atoms with Gasteiger partial charge in [0, 0.05) is 6.20 Å². The molecule has 0 radical (unpaired) electrons. The molecule has 1 aromatic rings. The van der Waals surface area contributed by atoms with Crippen LogP contribution in [-0.2, 0) is 10.9 Å². The van der Waals surface area contributed by atoms with Gasteiger partial charge >= 0.3 is 18.2 Å². The second-order valence-electron chi connectivity index (χ2n) is 8.86. The molecule has 4 saturated carbocycles. The van der Waals surface area contributed by atoms with Gasteiger partial charge in [0.05, 0.1) is 0 Å². The van der Waals surface area contributed by atoms with E-state index in [1.54, 1.807) is 0 Å². The second-order valence-corrected chi connectivity index (χ2v) is 8.86. The average Bonchev–Trinajstić information content (AvgIpc) is 3.42.